The number of hydrogen-bond donors (Lipinski definition) is 0. The van der Waals surface area contributed by atoms with Gasteiger partial charge in [-0.25, -0.2) is 4.98 Å². The van der Waals surface area contributed by atoms with Crippen molar-refractivity contribution >= 4 is 40.0 Å². The first kappa shape index (κ1) is 19.4. The van der Waals surface area contributed by atoms with Crippen molar-refractivity contribution in [3.8, 4) is 0 Å². The van der Waals surface area contributed by atoms with Gasteiger partial charge in [-0.15, -0.1) is 0 Å². The molecule has 1 unspecified atom stereocenters. The highest BCUT2D eigenvalue weighted by atomic mass is 32.2. The molecule has 25 heavy (non-hydrogen) atoms. The molecule has 1 atom stereocenters. The van der Waals surface area contributed by atoms with E-state index in [9.17, 15) is 4.79 Å². The van der Waals surface area contributed by atoms with Crippen LogP contribution in [0.3, 0.4) is 0 Å². The number of rotatable bonds is 8. The maximum Gasteiger partial charge on any atom is 0.226 e. The second-order valence-corrected chi connectivity index (χ2v) is 7.27. The summed E-state index contributed by atoms with van der Waals surface area (Å²) in [6.45, 7) is 3.06. The van der Waals surface area contributed by atoms with E-state index in [1.165, 1.54) is 18.1 Å². The third kappa shape index (κ3) is 6.47. The summed E-state index contributed by atoms with van der Waals surface area (Å²) in [7, 11) is 1.79. The molecule has 0 aliphatic heterocycles. The molecule has 0 N–H and O–H groups in total. The standard InChI is InChI=1S/C17H22N4O2S2/c1-3-23-17(24)25-15(11-21-13-18-12-19-21)9-10-16(22)20(2)14-7-5-4-6-8-14/h4-8,12-13,15H,3,9-11H2,1-2H3. The van der Waals surface area contributed by atoms with Crippen LogP contribution in [0.5, 0.6) is 0 Å². The summed E-state index contributed by atoms with van der Waals surface area (Å²) >= 11 is 6.70. The van der Waals surface area contributed by atoms with Crippen molar-refractivity contribution in [1.29, 1.82) is 0 Å². The lowest BCUT2D eigenvalue weighted by molar-refractivity contribution is -0.118. The van der Waals surface area contributed by atoms with E-state index in [1.807, 2.05) is 37.3 Å². The van der Waals surface area contributed by atoms with Crippen LogP contribution < -0.4 is 4.90 Å². The molecule has 0 saturated carbocycles. The average Bonchev–Trinajstić information content (AvgIpc) is 3.12. The number of thiocarbonyl (C=S) groups is 1. The van der Waals surface area contributed by atoms with Gasteiger partial charge in [0.1, 0.15) is 12.7 Å². The first-order chi connectivity index (χ1) is 12.1. The second kappa shape index (κ2) is 10.1. The number of para-hydroxylation sites is 1. The van der Waals surface area contributed by atoms with Gasteiger partial charge >= 0.3 is 0 Å². The third-order valence-electron chi connectivity index (χ3n) is 3.58. The van der Waals surface area contributed by atoms with E-state index in [4.69, 9.17) is 17.0 Å². The van der Waals surface area contributed by atoms with Gasteiger partial charge in [0, 0.05) is 24.4 Å². The van der Waals surface area contributed by atoms with Gasteiger partial charge in [-0.2, -0.15) is 5.10 Å². The Bertz CT molecular complexity index is 665. The van der Waals surface area contributed by atoms with Gasteiger partial charge in [0.05, 0.1) is 13.2 Å². The number of ether oxygens (including phenoxy) is 1. The van der Waals surface area contributed by atoms with Gasteiger partial charge in [-0.1, -0.05) is 30.0 Å². The third-order valence-corrected chi connectivity index (χ3v) is 5.02. The number of nitrogens with zero attached hydrogens (tertiary/aromatic N) is 4. The van der Waals surface area contributed by atoms with Crippen molar-refractivity contribution < 1.29 is 9.53 Å². The highest BCUT2D eigenvalue weighted by molar-refractivity contribution is 8.23. The van der Waals surface area contributed by atoms with E-state index >= 15 is 0 Å². The number of anilines is 1. The Labute approximate surface area is 157 Å². The van der Waals surface area contributed by atoms with Crippen molar-refractivity contribution in [2.45, 2.75) is 31.6 Å². The number of amides is 1. The van der Waals surface area contributed by atoms with Crippen LogP contribution in [0.15, 0.2) is 43.0 Å². The van der Waals surface area contributed by atoms with Crippen LogP contribution in [0.2, 0.25) is 0 Å². The van der Waals surface area contributed by atoms with E-state index in [0.29, 0.717) is 30.4 Å². The largest absolute Gasteiger partial charge is 0.479 e. The van der Waals surface area contributed by atoms with Crippen molar-refractivity contribution in [3.05, 3.63) is 43.0 Å². The maximum absolute atomic E-state index is 12.5. The molecule has 1 heterocycles. The first-order valence-corrected chi connectivity index (χ1v) is 9.36. The fourth-order valence-electron chi connectivity index (χ4n) is 2.26. The number of carbonyl (C=O) groups excluding carboxylic acids is 1. The molecule has 0 fully saturated rings. The SMILES string of the molecule is CCOC(=S)SC(CCC(=O)N(C)c1ccccc1)Cn1cncn1. The normalized spacial score (nSPS) is 11.8. The maximum atomic E-state index is 12.5. The predicted octanol–water partition coefficient (Wildman–Crippen LogP) is 3.14. The van der Waals surface area contributed by atoms with Crippen LogP contribution in [0.25, 0.3) is 0 Å². The van der Waals surface area contributed by atoms with Crippen LogP contribution in [0, 0.1) is 0 Å². The Kier molecular flexibility index (Phi) is 7.87. The minimum atomic E-state index is 0.0673. The summed E-state index contributed by atoms with van der Waals surface area (Å²) in [5.41, 5.74) is 0.887. The quantitative estimate of drug-likeness (QED) is 0.658. The fraction of sp³-hybridized carbons (Fsp3) is 0.412. The van der Waals surface area contributed by atoms with E-state index in [1.54, 1.807) is 23.0 Å². The molecule has 0 aliphatic carbocycles. The van der Waals surface area contributed by atoms with Gasteiger partial charge in [0.15, 0.2) is 0 Å². The lowest BCUT2D eigenvalue weighted by atomic mass is 10.2. The van der Waals surface area contributed by atoms with Crippen molar-refractivity contribution in [3.63, 3.8) is 0 Å². The summed E-state index contributed by atoms with van der Waals surface area (Å²) in [6.07, 6.45) is 4.26. The summed E-state index contributed by atoms with van der Waals surface area (Å²) < 4.78 is 7.61. The summed E-state index contributed by atoms with van der Waals surface area (Å²) in [5, 5.41) is 4.22. The van der Waals surface area contributed by atoms with Crippen molar-refractivity contribution in [1.82, 2.24) is 14.8 Å². The van der Waals surface area contributed by atoms with Crippen LogP contribution >= 0.6 is 24.0 Å². The zero-order valence-corrected chi connectivity index (χ0v) is 16.0. The Morgan fingerprint density at radius 3 is 2.80 bits per heavy atom. The van der Waals surface area contributed by atoms with E-state index < -0.39 is 0 Å². The Hall–Kier alpha value is -1.93. The van der Waals surface area contributed by atoms with E-state index in [-0.39, 0.29) is 11.2 Å². The van der Waals surface area contributed by atoms with Gasteiger partial charge in [0.25, 0.3) is 0 Å². The molecule has 0 aliphatic rings. The molecule has 8 heteroatoms. The lowest BCUT2D eigenvalue weighted by Gasteiger charge is -2.20. The first-order valence-electron chi connectivity index (χ1n) is 8.07. The summed E-state index contributed by atoms with van der Waals surface area (Å²) in [5.74, 6) is 0.0673. The smallest absolute Gasteiger partial charge is 0.226 e. The number of aromatic nitrogens is 3. The molecular formula is C17H22N4O2S2. The highest BCUT2D eigenvalue weighted by Crippen LogP contribution is 2.22. The van der Waals surface area contributed by atoms with Gasteiger partial charge in [0.2, 0.25) is 10.3 Å². The Morgan fingerprint density at radius 1 is 1.40 bits per heavy atom. The van der Waals surface area contributed by atoms with E-state index in [0.717, 1.165) is 5.69 Å². The second-order valence-electron chi connectivity index (χ2n) is 5.37. The Balaban J connectivity index is 1.93. The molecule has 0 bridgehead atoms. The average molecular weight is 379 g/mol. The van der Waals surface area contributed by atoms with Crippen LogP contribution in [-0.4, -0.2) is 44.0 Å². The molecule has 2 rings (SSSR count). The minimum Gasteiger partial charge on any atom is -0.479 e. The number of thioether (sulfide) groups is 1. The summed E-state index contributed by atoms with van der Waals surface area (Å²) in [6, 6.07) is 9.61. The molecule has 0 spiro atoms. The van der Waals surface area contributed by atoms with Crippen molar-refractivity contribution in [2.75, 3.05) is 18.6 Å². The number of benzene rings is 1. The molecule has 2 aromatic rings. The molecule has 1 amide bonds. The molecular weight excluding hydrogens is 356 g/mol. The minimum absolute atomic E-state index is 0.0673. The van der Waals surface area contributed by atoms with Gasteiger partial charge < -0.3 is 9.64 Å². The molecule has 1 aromatic carbocycles. The Morgan fingerprint density at radius 2 is 2.16 bits per heavy atom. The van der Waals surface area contributed by atoms with Crippen LogP contribution in [0.1, 0.15) is 19.8 Å². The van der Waals surface area contributed by atoms with E-state index in [2.05, 4.69) is 10.1 Å². The molecule has 6 nitrogen and oxygen atoms in total. The monoisotopic (exact) mass is 378 g/mol. The predicted molar refractivity (Wildman–Crippen MR) is 105 cm³/mol. The fourth-order valence-corrected chi connectivity index (χ4v) is 3.71. The lowest BCUT2D eigenvalue weighted by Crippen LogP contribution is -2.27. The van der Waals surface area contributed by atoms with Gasteiger partial charge in [-0.3, -0.25) is 9.48 Å². The highest BCUT2D eigenvalue weighted by Gasteiger charge is 2.18. The molecule has 1 aromatic heterocycles. The number of hydrogen-bond acceptors (Lipinski definition) is 6. The molecule has 0 saturated heterocycles. The topological polar surface area (TPSA) is 60.2 Å². The summed E-state index contributed by atoms with van der Waals surface area (Å²) in [4.78, 5) is 18.1. The van der Waals surface area contributed by atoms with Crippen LogP contribution in [-0.2, 0) is 16.1 Å². The molecule has 0 radical (unpaired) electrons. The molecule has 134 valence electrons. The van der Waals surface area contributed by atoms with Crippen LogP contribution in [0.4, 0.5) is 5.69 Å². The zero-order chi connectivity index (χ0) is 18.1. The van der Waals surface area contributed by atoms with Gasteiger partial charge in [-0.05, 0) is 37.7 Å². The van der Waals surface area contributed by atoms with Crippen molar-refractivity contribution in [2.24, 2.45) is 0 Å². The zero-order valence-electron chi connectivity index (χ0n) is 14.4. The number of carbonyl (C=O) groups is 1.